The summed E-state index contributed by atoms with van der Waals surface area (Å²) in [5.41, 5.74) is 8.73. The van der Waals surface area contributed by atoms with Crippen molar-refractivity contribution in [3.8, 4) is 11.3 Å². The molecule has 0 aliphatic heterocycles. The number of fused-ring (bicyclic) bond motifs is 1. The minimum absolute atomic E-state index is 0.451. The first-order chi connectivity index (χ1) is 8.70. The van der Waals surface area contributed by atoms with Crippen molar-refractivity contribution in [2.45, 2.75) is 6.54 Å². The number of hydrogen-bond donors (Lipinski definition) is 1. The number of rotatable bonds is 2. The van der Waals surface area contributed by atoms with Gasteiger partial charge >= 0.3 is 0 Å². The van der Waals surface area contributed by atoms with E-state index in [0.29, 0.717) is 16.6 Å². The first-order valence-electron chi connectivity index (χ1n) is 5.30. The second-order valence-corrected chi connectivity index (χ2v) is 5.47. The number of hydrogen-bond acceptors (Lipinski definition) is 3. The van der Waals surface area contributed by atoms with Crippen LogP contribution in [0.15, 0.2) is 29.8 Å². The Kier molecular flexibility index (Phi) is 3.03. The van der Waals surface area contributed by atoms with Crippen molar-refractivity contribution in [2.75, 3.05) is 0 Å². The van der Waals surface area contributed by atoms with Crippen LogP contribution in [0.2, 0.25) is 10.0 Å². The smallest absolute Gasteiger partial charge is 0.194 e. The Balaban J connectivity index is 2.24. The minimum atomic E-state index is 0.451. The van der Waals surface area contributed by atoms with Gasteiger partial charge in [0.05, 0.1) is 27.6 Å². The van der Waals surface area contributed by atoms with Gasteiger partial charge in [0.1, 0.15) is 0 Å². The SMILES string of the molecule is NCc1cnc2scc(-c3ccc(Cl)c(Cl)c3)n12. The summed E-state index contributed by atoms with van der Waals surface area (Å²) in [5, 5.41) is 3.14. The average molecular weight is 298 g/mol. The molecule has 0 spiro atoms. The molecule has 0 unspecified atom stereocenters. The van der Waals surface area contributed by atoms with E-state index in [0.717, 1.165) is 21.9 Å². The molecule has 0 radical (unpaired) electrons. The summed E-state index contributed by atoms with van der Waals surface area (Å²) >= 11 is 13.6. The van der Waals surface area contributed by atoms with Crippen LogP contribution >= 0.6 is 34.5 Å². The lowest BCUT2D eigenvalue weighted by molar-refractivity contribution is 0.971. The molecule has 6 heteroatoms. The van der Waals surface area contributed by atoms with Gasteiger partial charge in [-0.2, -0.15) is 0 Å². The summed E-state index contributed by atoms with van der Waals surface area (Å²) in [4.78, 5) is 5.25. The van der Waals surface area contributed by atoms with Gasteiger partial charge < -0.3 is 5.73 Å². The number of benzene rings is 1. The molecule has 18 heavy (non-hydrogen) atoms. The van der Waals surface area contributed by atoms with Crippen molar-refractivity contribution >= 4 is 39.5 Å². The van der Waals surface area contributed by atoms with E-state index in [1.807, 2.05) is 21.9 Å². The number of imidazole rings is 1. The minimum Gasteiger partial charge on any atom is -0.325 e. The van der Waals surface area contributed by atoms with E-state index in [-0.39, 0.29) is 0 Å². The topological polar surface area (TPSA) is 43.3 Å². The second-order valence-electron chi connectivity index (χ2n) is 3.82. The lowest BCUT2D eigenvalue weighted by atomic mass is 10.2. The molecule has 0 amide bonds. The van der Waals surface area contributed by atoms with E-state index >= 15 is 0 Å². The molecule has 0 fully saturated rings. The summed E-state index contributed by atoms with van der Waals surface area (Å²) in [6, 6.07) is 5.59. The fraction of sp³-hybridized carbons (Fsp3) is 0.0833. The highest BCUT2D eigenvalue weighted by atomic mass is 35.5. The summed E-state index contributed by atoms with van der Waals surface area (Å²) in [6.45, 7) is 0.451. The quantitative estimate of drug-likeness (QED) is 0.781. The third-order valence-electron chi connectivity index (χ3n) is 2.74. The van der Waals surface area contributed by atoms with Crippen LogP contribution in [-0.2, 0) is 6.54 Å². The number of nitrogens with zero attached hydrogens (tertiary/aromatic N) is 2. The van der Waals surface area contributed by atoms with Gasteiger partial charge in [-0.05, 0) is 12.1 Å². The monoisotopic (exact) mass is 297 g/mol. The van der Waals surface area contributed by atoms with Crippen molar-refractivity contribution in [3.63, 3.8) is 0 Å². The number of aromatic nitrogens is 2. The van der Waals surface area contributed by atoms with E-state index in [1.165, 1.54) is 0 Å². The number of nitrogens with two attached hydrogens (primary N) is 1. The zero-order chi connectivity index (χ0) is 12.7. The number of halogens is 2. The molecule has 0 aliphatic rings. The molecule has 0 saturated carbocycles. The van der Waals surface area contributed by atoms with Crippen molar-refractivity contribution in [1.82, 2.24) is 9.38 Å². The summed E-state index contributed by atoms with van der Waals surface area (Å²) < 4.78 is 2.05. The Labute approximate surface area is 118 Å². The maximum Gasteiger partial charge on any atom is 0.194 e. The Hall–Kier alpha value is -1.07. The predicted molar refractivity (Wildman–Crippen MR) is 76.4 cm³/mol. The standard InChI is InChI=1S/C12H9Cl2N3S/c13-9-2-1-7(3-10(9)14)11-6-18-12-16-5-8(4-15)17(11)12/h1-3,5-6H,4,15H2. The van der Waals surface area contributed by atoms with Crippen LogP contribution in [-0.4, -0.2) is 9.38 Å². The molecule has 0 atom stereocenters. The summed E-state index contributed by atoms with van der Waals surface area (Å²) in [7, 11) is 0. The van der Waals surface area contributed by atoms with Crippen LogP contribution in [0.1, 0.15) is 5.69 Å². The molecule has 3 aromatic rings. The van der Waals surface area contributed by atoms with Crippen LogP contribution in [0.4, 0.5) is 0 Å². The van der Waals surface area contributed by atoms with E-state index in [2.05, 4.69) is 4.98 Å². The van der Waals surface area contributed by atoms with Crippen LogP contribution in [0.25, 0.3) is 16.2 Å². The van der Waals surface area contributed by atoms with Gasteiger partial charge in [-0.1, -0.05) is 29.3 Å². The molecular formula is C12H9Cl2N3S. The Morgan fingerprint density at radius 2 is 2.11 bits per heavy atom. The van der Waals surface area contributed by atoms with E-state index in [4.69, 9.17) is 28.9 Å². The van der Waals surface area contributed by atoms with Gasteiger partial charge in [0.15, 0.2) is 4.96 Å². The van der Waals surface area contributed by atoms with Crippen molar-refractivity contribution in [2.24, 2.45) is 5.73 Å². The molecule has 3 nitrogen and oxygen atoms in total. The molecule has 0 saturated heterocycles. The van der Waals surface area contributed by atoms with Gasteiger partial charge in [-0.15, -0.1) is 11.3 Å². The molecule has 2 aromatic heterocycles. The summed E-state index contributed by atoms with van der Waals surface area (Å²) in [5.74, 6) is 0. The fourth-order valence-electron chi connectivity index (χ4n) is 1.87. The molecule has 3 rings (SSSR count). The van der Waals surface area contributed by atoms with Crippen LogP contribution < -0.4 is 5.73 Å². The number of thiazole rings is 1. The zero-order valence-corrected chi connectivity index (χ0v) is 11.6. The zero-order valence-electron chi connectivity index (χ0n) is 9.23. The normalized spacial score (nSPS) is 11.3. The van der Waals surface area contributed by atoms with Gasteiger partial charge in [-0.25, -0.2) is 4.98 Å². The predicted octanol–water partition coefficient (Wildman–Crippen LogP) is 3.83. The first-order valence-corrected chi connectivity index (χ1v) is 6.93. The lowest BCUT2D eigenvalue weighted by Gasteiger charge is -2.04. The second kappa shape index (κ2) is 4.55. The maximum atomic E-state index is 6.05. The van der Waals surface area contributed by atoms with Gasteiger partial charge in [0.25, 0.3) is 0 Å². The van der Waals surface area contributed by atoms with E-state index in [1.54, 1.807) is 23.6 Å². The third kappa shape index (κ3) is 1.82. The Morgan fingerprint density at radius 3 is 2.83 bits per heavy atom. The highest BCUT2D eigenvalue weighted by Gasteiger charge is 2.11. The molecular weight excluding hydrogens is 289 g/mol. The first kappa shape index (κ1) is 12.0. The average Bonchev–Trinajstić information content (AvgIpc) is 2.93. The van der Waals surface area contributed by atoms with Crippen LogP contribution in [0, 0.1) is 0 Å². The van der Waals surface area contributed by atoms with Crippen molar-refractivity contribution in [1.29, 1.82) is 0 Å². The summed E-state index contributed by atoms with van der Waals surface area (Å²) in [6.07, 6.45) is 1.80. The van der Waals surface area contributed by atoms with Gasteiger partial charge in [0.2, 0.25) is 0 Å². The Bertz CT molecular complexity index is 717. The third-order valence-corrected chi connectivity index (χ3v) is 4.32. The highest BCUT2D eigenvalue weighted by Crippen LogP contribution is 2.31. The van der Waals surface area contributed by atoms with E-state index < -0.39 is 0 Å². The molecule has 2 N–H and O–H groups in total. The van der Waals surface area contributed by atoms with Gasteiger partial charge in [0, 0.05) is 17.5 Å². The largest absolute Gasteiger partial charge is 0.325 e. The van der Waals surface area contributed by atoms with Crippen LogP contribution in [0.3, 0.4) is 0 Å². The van der Waals surface area contributed by atoms with Crippen molar-refractivity contribution < 1.29 is 0 Å². The maximum absolute atomic E-state index is 6.05. The molecule has 0 aliphatic carbocycles. The van der Waals surface area contributed by atoms with E-state index in [9.17, 15) is 0 Å². The van der Waals surface area contributed by atoms with Gasteiger partial charge in [-0.3, -0.25) is 4.40 Å². The molecule has 2 heterocycles. The Morgan fingerprint density at radius 1 is 1.28 bits per heavy atom. The molecule has 92 valence electrons. The fourth-order valence-corrected chi connectivity index (χ4v) is 3.06. The molecule has 1 aromatic carbocycles. The molecule has 0 bridgehead atoms. The van der Waals surface area contributed by atoms with Crippen LogP contribution in [0.5, 0.6) is 0 Å². The van der Waals surface area contributed by atoms with Crippen molar-refractivity contribution in [3.05, 3.63) is 45.5 Å². The lowest BCUT2D eigenvalue weighted by Crippen LogP contribution is -2.00. The highest BCUT2D eigenvalue weighted by molar-refractivity contribution is 7.15.